The smallest absolute Gasteiger partial charge is 0.0578 e. The molecule has 3 unspecified atom stereocenters. The predicted molar refractivity (Wildman–Crippen MR) is 59.8 cm³/mol. The Morgan fingerprint density at radius 1 is 1.07 bits per heavy atom. The third kappa shape index (κ3) is 3.13. The van der Waals surface area contributed by atoms with E-state index in [1.807, 2.05) is 0 Å². The molecule has 0 radical (unpaired) electrons. The van der Waals surface area contributed by atoms with Gasteiger partial charge in [-0.3, -0.25) is 0 Å². The first kappa shape index (κ1) is 10.8. The molecule has 2 aliphatic rings. The fourth-order valence-electron chi connectivity index (χ4n) is 2.81. The van der Waals surface area contributed by atoms with Crippen LogP contribution in [0.2, 0.25) is 0 Å². The highest BCUT2D eigenvalue weighted by Crippen LogP contribution is 2.32. The van der Waals surface area contributed by atoms with Crippen molar-refractivity contribution in [2.45, 2.75) is 62.8 Å². The molecule has 2 heteroatoms. The van der Waals surface area contributed by atoms with E-state index >= 15 is 0 Å². The lowest BCUT2D eigenvalue weighted by molar-refractivity contribution is 0.0872. The van der Waals surface area contributed by atoms with Crippen LogP contribution in [0.4, 0.5) is 0 Å². The van der Waals surface area contributed by atoms with Gasteiger partial charge in [-0.2, -0.15) is 0 Å². The maximum absolute atomic E-state index is 6.26. The van der Waals surface area contributed by atoms with Gasteiger partial charge in [0.15, 0.2) is 0 Å². The minimum atomic E-state index is 0.434. The molecule has 0 aromatic rings. The fourth-order valence-corrected chi connectivity index (χ4v) is 3.22. The molecule has 2 fully saturated rings. The molecule has 0 spiro atoms. The summed E-state index contributed by atoms with van der Waals surface area (Å²) in [7, 11) is 0. The molecule has 14 heavy (non-hydrogen) atoms. The summed E-state index contributed by atoms with van der Waals surface area (Å²) in [4.78, 5) is 0. The number of hydrogen-bond acceptors (Lipinski definition) is 1. The minimum Gasteiger partial charge on any atom is -0.378 e. The molecule has 0 N–H and O–H groups in total. The molecule has 1 aliphatic heterocycles. The SMILES string of the molecule is ClC1CCCCC(CC2CCCO2)C1. The summed E-state index contributed by atoms with van der Waals surface area (Å²) in [5.41, 5.74) is 0. The number of halogens is 1. The van der Waals surface area contributed by atoms with E-state index in [1.165, 1.54) is 51.4 Å². The van der Waals surface area contributed by atoms with Crippen molar-refractivity contribution in [3.05, 3.63) is 0 Å². The van der Waals surface area contributed by atoms with Crippen molar-refractivity contribution in [1.29, 1.82) is 0 Å². The van der Waals surface area contributed by atoms with Crippen molar-refractivity contribution in [3.8, 4) is 0 Å². The normalized spacial score (nSPS) is 39.6. The summed E-state index contributed by atoms with van der Waals surface area (Å²) in [5.74, 6) is 0.836. The minimum absolute atomic E-state index is 0.434. The highest BCUT2D eigenvalue weighted by atomic mass is 35.5. The van der Waals surface area contributed by atoms with Crippen LogP contribution in [0.5, 0.6) is 0 Å². The number of rotatable bonds is 2. The Hall–Kier alpha value is 0.250. The molecule has 1 saturated heterocycles. The van der Waals surface area contributed by atoms with Gasteiger partial charge in [0.05, 0.1) is 6.10 Å². The van der Waals surface area contributed by atoms with Gasteiger partial charge in [-0.15, -0.1) is 11.6 Å². The summed E-state index contributed by atoms with van der Waals surface area (Å²) < 4.78 is 5.69. The van der Waals surface area contributed by atoms with Gasteiger partial charge >= 0.3 is 0 Å². The summed E-state index contributed by atoms with van der Waals surface area (Å²) in [6, 6.07) is 0. The third-order valence-corrected chi connectivity index (χ3v) is 3.99. The quantitative estimate of drug-likeness (QED) is 0.505. The Balaban J connectivity index is 1.77. The first-order chi connectivity index (χ1) is 6.84. The van der Waals surface area contributed by atoms with Crippen molar-refractivity contribution in [3.63, 3.8) is 0 Å². The van der Waals surface area contributed by atoms with Gasteiger partial charge in [-0.25, -0.2) is 0 Å². The molecule has 0 amide bonds. The summed E-state index contributed by atoms with van der Waals surface area (Å²) in [6.45, 7) is 0.988. The standard InChI is InChI=1S/C12H21ClO/c13-11-5-2-1-4-10(8-11)9-12-6-3-7-14-12/h10-12H,1-9H2. The average Bonchev–Trinajstić information content (AvgIpc) is 2.56. The molecule has 1 saturated carbocycles. The van der Waals surface area contributed by atoms with Gasteiger partial charge in [0.2, 0.25) is 0 Å². The third-order valence-electron chi connectivity index (χ3n) is 3.59. The Kier molecular flexibility index (Phi) is 4.12. The number of alkyl halides is 1. The van der Waals surface area contributed by atoms with E-state index in [0.717, 1.165) is 12.5 Å². The molecule has 0 bridgehead atoms. The summed E-state index contributed by atoms with van der Waals surface area (Å²) in [6.07, 6.45) is 10.9. The Labute approximate surface area is 92.2 Å². The lowest BCUT2D eigenvalue weighted by atomic mass is 9.93. The summed E-state index contributed by atoms with van der Waals surface area (Å²) >= 11 is 6.26. The van der Waals surface area contributed by atoms with Crippen molar-refractivity contribution in [2.24, 2.45) is 5.92 Å². The molecule has 1 aliphatic carbocycles. The molecular weight excluding hydrogens is 196 g/mol. The molecule has 1 nitrogen and oxygen atoms in total. The van der Waals surface area contributed by atoms with Gasteiger partial charge in [0.25, 0.3) is 0 Å². The van der Waals surface area contributed by atoms with Crippen molar-refractivity contribution >= 4 is 11.6 Å². The average molecular weight is 217 g/mol. The van der Waals surface area contributed by atoms with Crippen LogP contribution >= 0.6 is 11.6 Å². The predicted octanol–water partition coefficient (Wildman–Crippen LogP) is 3.74. The lowest BCUT2D eigenvalue weighted by Crippen LogP contribution is -2.14. The zero-order chi connectivity index (χ0) is 9.80. The zero-order valence-electron chi connectivity index (χ0n) is 8.88. The van der Waals surface area contributed by atoms with Crippen molar-refractivity contribution in [2.75, 3.05) is 6.61 Å². The highest BCUT2D eigenvalue weighted by molar-refractivity contribution is 6.20. The Morgan fingerprint density at radius 3 is 2.71 bits per heavy atom. The van der Waals surface area contributed by atoms with E-state index < -0.39 is 0 Å². The van der Waals surface area contributed by atoms with E-state index in [1.54, 1.807) is 0 Å². The molecule has 2 rings (SSSR count). The first-order valence-corrected chi connectivity index (χ1v) is 6.54. The van der Waals surface area contributed by atoms with Crippen molar-refractivity contribution in [1.82, 2.24) is 0 Å². The van der Waals surface area contributed by atoms with E-state index in [0.29, 0.717) is 11.5 Å². The van der Waals surface area contributed by atoms with Crippen molar-refractivity contribution < 1.29 is 4.74 Å². The maximum atomic E-state index is 6.26. The topological polar surface area (TPSA) is 9.23 Å². The molecule has 0 aromatic heterocycles. The van der Waals surface area contributed by atoms with Crippen LogP contribution in [0.1, 0.15) is 51.4 Å². The van der Waals surface area contributed by atoms with Crippen LogP contribution in [-0.2, 0) is 4.74 Å². The Bertz CT molecular complexity index is 166. The summed E-state index contributed by atoms with van der Waals surface area (Å²) in [5, 5.41) is 0.434. The highest BCUT2D eigenvalue weighted by Gasteiger charge is 2.24. The molecule has 82 valence electrons. The van der Waals surface area contributed by atoms with Crippen LogP contribution in [0.25, 0.3) is 0 Å². The van der Waals surface area contributed by atoms with E-state index in [2.05, 4.69) is 0 Å². The number of ether oxygens (including phenoxy) is 1. The van der Waals surface area contributed by atoms with Crippen LogP contribution in [0, 0.1) is 5.92 Å². The lowest BCUT2D eigenvalue weighted by Gasteiger charge is -2.19. The van der Waals surface area contributed by atoms with Gasteiger partial charge in [0, 0.05) is 12.0 Å². The molecule has 0 aromatic carbocycles. The second-order valence-electron chi connectivity index (χ2n) is 4.85. The maximum Gasteiger partial charge on any atom is 0.0578 e. The fraction of sp³-hybridized carbons (Fsp3) is 1.00. The van der Waals surface area contributed by atoms with Crippen LogP contribution < -0.4 is 0 Å². The largest absolute Gasteiger partial charge is 0.378 e. The van der Waals surface area contributed by atoms with Gasteiger partial charge in [-0.1, -0.05) is 19.3 Å². The molecule has 3 atom stereocenters. The van der Waals surface area contributed by atoms with E-state index in [9.17, 15) is 0 Å². The Morgan fingerprint density at radius 2 is 1.93 bits per heavy atom. The van der Waals surface area contributed by atoms with E-state index in [4.69, 9.17) is 16.3 Å². The second kappa shape index (κ2) is 5.37. The van der Waals surface area contributed by atoms with Crippen LogP contribution in [0.15, 0.2) is 0 Å². The van der Waals surface area contributed by atoms with Crippen LogP contribution in [-0.4, -0.2) is 18.1 Å². The van der Waals surface area contributed by atoms with E-state index in [-0.39, 0.29) is 0 Å². The van der Waals surface area contributed by atoms with Crippen LogP contribution in [0.3, 0.4) is 0 Å². The molecular formula is C12H21ClO. The van der Waals surface area contributed by atoms with Gasteiger partial charge in [0.1, 0.15) is 0 Å². The molecule has 1 heterocycles. The zero-order valence-corrected chi connectivity index (χ0v) is 9.64. The first-order valence-electron chi connectivity index (χ1n) is 6.10. The second-order valence-corrected chi connectivity index (χ2v) is 5.47. The monoisotopic (exact) mass is 216 g/mol. The van der Waals surface area contributed by atoms with Gasteiger partial charge < -0.3 is 4.74 Å². The number of hydrogen-bond donors (Lipinski definition) is 0. The van der Waals surface area contributed by atoms with Gasteiger partial charge in [-0.05, 0) is 38.0 Å².